The molecule has 5 heteroatoms. The molecule has 0 spiro atoms. The van der Waals surface area contributed by atoms with E-state index in [0.29, 0.717) is 6.04 Å². The molecule has 1 aromatic heterocycles. The van der Waals surface area contributed by atoms with Gasteiger partial charge in [0.15, 0.2) is 0 Å². The topological polar surface area (TPSA) is 61.3 Å². The molecule has 0 radical (unpaired) electrons. The number of nitrogens with zero attached hydrogens (tertiary/aromatic N) is 2. The molecule has 3 N–H and O–H groups in total. The zero-order valence-corrected chi connectivity index (χ0v) is 9.24. The summed E-state index contributed by atoms with van der Waals surface area (Å²) in [6.07, 6.45) is 5.85. The van der Waals surface area contributed by atoms with E-state index in [-0.39, 0.29) is 0 Å². The SMILES string of the molecule is C=NNc1cncc(NC2CCNCC2)c1. The van der Waals surface area contributed by atoms with Crippen LogP contribution in [0.1, 0.15) is 12.8 Å². The lowest BCUT2D eigenvalue weighted by Gasteiger charge is -2.24. The van der Waals surface area contributed by atoms with Crippen LogP contribution < -0.4 is 16.1 Å². The van der Waals surface area contributed by atoms with Gasteiger partial charge in [-0.3, -0.25) is 10.4 Å². The Morgan fingerprint density at radius 3 is 2.81 bits per heavy atom. The van der Waals surface area contributed by atoms with Crippen LogP contribution in [0.4, 0.5) is 11.4 Å². The summed E-state index contributed by atoms with van der Waals surface area (Å²) >= 11 is 0. The van der Waals surface area contributed by atoms with Crippen LogP contribution in [0.25, 0.3) is 0 Å². The molecule has 0 unspecified atom stereocenters. The van der Waals surface area contributed by atoms with Crippen molar-refractivity contribution >= 4 is 18.1 Å². The van der Waals surface area contributed by atoms with E-state index in [9.17, 15) is 0 Å². The second-order valence-electron chi connectivity index (χ2n) is 3.90. The molecule has 0 atom stereocenters. The van der Waals surface area contributed by atoms with Gasteiger partial charge in [-0.2, -0.15) is 5.10 Å². The molecule has 16 heavy (non-hydrogen) atoms. The van der Waals surface area contributed by atoms with Crippen LogP contribution >= 0.6 is 0 Å². The van der Waals surface area contributed by atoms with E-state index in [1.165, 1.54) is 0 Å². The minimum absolute atomic E-state index is 0.537. The average molecular weight is 219 g/mol. The van der Waals surface area contributed by atoms with Crippen LogP contribution in [0.5, 0.6) is 0 Å². The second kappa shape index (κ2) is 5.46. The summed E-state index contributed by atoms with van der Waals surface area (Å²) in [7, 11) is 0. The van der Waals surface area contributed by atoms with E-state index in [4.69, 9.17) is 0 Å². The Hall–Kier alpha value is -1.62. The third kappa shape index (κ3) is 2.93. The predicted octanol–water partition coefficient (Wildman–Crippen LogP) is 1.27. The molecule has 86 valence electrons. The van der Waals surface area contributed by atoms with Crippen molar-refractivity contribution < 1.29 is 0 Å². The highest BCUT2D eigenvalue weighted by molar-refractivity contribution is 5.54. The number of rotatable bonds is 4. The molecule has 1 aliphatic rings. The molecule has 0 amide bonds. The Morgan fingerprint density at radius 1 is 1.31 bits per heavy atom. The van der Waals surface area contributed by atoms with Gasteiger partial charge in [0.25, 0.3) is 0 Å². The first kappa shape index (κ1) is 10.9. The van der Waals surface area contributed by atoms with Gasteiger partial charge >= 0.3 is 0 Å². The molecule has 5 nitrogen and oxygen atoms in total. The minimum Gasteiger partial charge on any atom is -0.381 e. The fourth-order valence-corrected chi connectivity index (χ4v) is 1.87. The molecule has 0 aromatic carbocycles. The first-order valence-corrected chi connectivity index (χ1v) is 5.52. The zero-order chi connectivity index (χ0) is 11.2. The van der Waals surface area contributed by atoms with Gasteiger partial charge < -0.3 is 10.6 Å². The summed E-state index contributed by atoms with van der Waals surface area (Å²) < 4.78 is 0. The Balaban J connectivity index is 1.97. The van der Waals surface area contributed by atoms with Gasteiger partial charge in [-0.05, 0) is 32.0 Å². The quantitative estimate of drug-likeness (QED) is 0.527. The van der Waals surface area contributed by atoms with Gasteiger partial charge in [-0.15, -0.1) is 0 Å². The van der Waals surface area contributed by atoms with Gasteiger partial charge in [-0.25, -0.2) is 0 Å². The van der Waals surface area contributed by atoms with Crippen LogP contribution in [-0.2, 0) is 0 Å². The molecule has 0 saturated carbocycles. The van der Waals surface area contributed by atoms with Crippen molar-refractivity contribution in [3.63, 3.8) is 0 Å². The number of hydrogen-bond acceptors (Lipinski definition) is 5. The van der Waals surface area contributed by atoms with Gasteiger partial charge in [0, 0.05) is 12.8 Å². The first-order valence-electron chi connectivity index (χ1n) is 5.52. The summed E-state index contributed by atoms with van der Waals surface area (Å²) in [5.74, 6) is 0. The number of piperidine rings is 1. The van der Waals surface area contributed by atoms with Crippen LogP contribution in [0.3, 0.4) is 0 Å². The number of nitrogens with one attached hydrogen (secondary N) is 3. The van der Waals surface area contributed by atoms with E-state index in [0.717, 1.165) is 37.3 Å². The van der Waals surface area contributed by atoms with E-state index < -0.39 is 0 Å². The molecular weight excluding hydrogens is 202 g/mol. The van der Waals surface area contributed by atoms with Gasteiger partial charge in [0.1, 0.15) is 0 Å². The lowest BCUT2D eigenvalue weighted by Crippen LogP contribution is -2.35. The van der Waals surface area contributed by atoms with Crippen LogP contribution in [0.2, 0.25) is 0 Å². The monoisotopic (exact) mass is 219 g/mol. The van der Waals surface area contributed by atoms with Crippen molar-refractivity contribution in [2.75, 3.05) is 23.8 Å². The lowest BCUT2D eigenvalue weighted by atomic mass is 10.1. The molecule has 2 heterocycles. The normalized spacial score (nSPS) is 16.8. The van der Waals surface area contributed by atoms with Crippen LogP contribution in [0, 0.1) is 0 Å². The number of aromatic nitrogens is 1. The smallest absolute Gasteiger partial charge is 0.0765 e. The Labute approximate surface area is 95.3 Å². The summed E-state index contributed by atoms with van der Waals surface area (Å²) in [4.78, 5) is 4.14. The maximum atomic E-state index is 4.14. The van der Waals surface area contributed by atoms with E-state index >= 15 is 0 Å². The largest absolute Gasteiger partial charge is 0.381 e. The number of hydrazone groups is 1. The maximum Gasteiger partial charge on any atom is 0.0765 e. The number of anilines is 2. The Kier molecular flexibility index (Phi) is 3.71. The molecule has 1 aliphatic heterocycles. The van der Waals surface area contributed by atoms with Crippen molar-refractivity contribution in [3.8, 4) is 0 Å². The number of hydrogen-bond donors (Lipinski definition) is 3. The molecular formula is C11H17N5. The van der Waals surface area contributed by atoms with Crippen LogP contribution in [-0.4, -0.2) is 30.8 Å². The molecule has 0 aliphatic carbocycles. The molecule has 1 saturated heterocycles. The fourth-order valence-electron chi connectivity index (χ4n) is 1.87. The zero-order valence-electron chi connectivity index (χ0n) is 9.24. The summed E-state index contributed by atoms with van der Waals surface area (Å²) in [5, 5.41) is 10.4. The highest BCUT2D eigenvalue weighted by Gasteiger charge is 2.12. The van der Waals surface area contributed by atoms with Crippen molar-refractivity contribution in [1.82, 2.24) is 10.3 Å². The lowest BCUT2D eigenvalue weighted by molar-refractivity contribution is 0.479. The summed E-state index contributed by atoms with van der Waals surface area (Å²) in [6.45, 7) is 5.54. The second-order valence-corrected chi connectivity index (χ2v) is 3.90. The van der Waals surface area contributed by atoms with E-state index in [1.54, 1.807) is 6.20 Å². The maximum absolute atomic E-state index is 4.14. The summed E-state index contributed by atoms with van der Waals surface area (Å²) in [6, 6.07) is 2.53. The third-order valence-corrected chi connectivity index (χ3v) is 2.66. The van der Waals surface area contributed by atoms with Crippen molar-refractivity contribution in [2.45, 2.75) is 18.9 Å². The number of pyridine rings is 1. The van der Waals surface area contributed by atoms with Gasteiger partial charge in [0.05, 0.1) is 23.8 Å². The Bertz CT molecular complexity index is 346. The molecule has 1 fully saturated rings. The fraction of sp³-hybridized carbons (Fsp3) is 0.455. The highest BCUT2D eigenvalue weighted by atomic mass is 15.3. The van der Waals surface area contributed by atoms with Crippen LogP contribution in [0.15, 0.2) is 23.6 Å². The van der Waals surface area contributed by atoms with Crippen molar-refractivity contribution in [1.29, 1.82) is 0 Å². The first-order chi connectivity index (χ1) is 7.88. The van der Waals surface area contributed by atoms with Crippen molar-refractivity contribution in [3.05, 3.63) is 18.5 Å². The van der Waals surface area contributed by atoms with Gasteiger partial charge in [-0.1, -0.05) is 0 Å². The average Bonchev–Trinajstić information content (AvgIpc) is 2.31. The van der Waals surface area contributed by atoms with E-state index in [2.05, 4.69) is 32.9 Å². The summed E-state index contributed by atoms with van der Waals surface area (Å²) in [5.41, 5.74) is 4.67. The molecule has 1 aromatic rings. The third-order valence-electron chi connectivity index (χ3n) is 2.66. The predicted molar refractivity (Wildman–Crippen MR) is 66.9 cm³/mol. The van der Waals surface area contributed by atoms with Gasteiger partial charge in [0.2, 0.25) is 0 Å². The Morgan fingerprint density at radius 2 is 2.06 bits per heavy atom. The van der Waals surface area contributed by atoms with E-state index in [1.807, 2.05) is 12.3 Å². The molecule has 2 rings (SSSR count). The highest BCUT2D eigenvalue weighted by Crippen LogP contribution is 2.16. The van der Waals surface area contributed by atoms with Crippen molar-refractivity contribution in [2.24, 2.45) is 5.10 Å². The molecule has 0 bridgehead atoms. The minimum atomic E-state index is 0.537. The standard InChI is InChI=1S/C11H17N5/c1-12-16-11-6-10(7-14-8-11)15-9-2-4-13-5-3-9/h6-9,13,15-16H,1-5H2.